The lowest BCUT2D eigenvalue weighted by atomic mass is 10.1. The molecule has 148 valence electrons. The Morgan fingerprint density at radius 2 is 1.25 bits per heavy atom. The Morgan fingerprint density at radius 3 is 1.86 bits per heavy atom. The molecule has 0 aliphatic carbocycles. The van der Waals surface area contributed by atoms with Crippen molar-refractivity contribution in [2.24, 2.45) is 0 Å². The Balaban J connectivity index is 1.84. The summed E-state index contributed by atoms with van der Waals surface area (Å²) in [7, 11) is -7.48. The van der Waals surface area contributed by atoms with Crippen molar-refractivity contribution >= 4 is 36.5 Å². The molecule has 2 N–H and O–H groups in total. The normalized spacial score (nSPS) is 12.8. The summed E-state index contributed by atoms with van der Waals surface area (Å²) in [6.45, 7) is 5.24. The molecule has 0 aliphatic rings. The number of fused-ring (bicyclic) bond motifs is 1. The average molecular weight is 419 g/mol. The van der Waals surface area contributed by atoms with Crippen LogP contribution in [0.4, 0.5) is 5.69 Å². The Kier molecular flexibility index (Phi) is 5.22. The van der Waals surface area contributed by atoms with Gasteiger partial charge in [-0.3, -0.25) is 4.72 Å². The van der Waals surface area contributed by atoms with Crippen molar-refractivity contribution in [3.63, 3.8) is 0 Å². The highest BCUT2D eigenvalue weighted by Crippen LogP contribution is 2.22. The van der Waals surface area contributed by atoms with Crippen LogP contribution in [0, 0.1) is 0 Å². The van der Waals surface area contributed by atoms with Crippen LogP contribution in [0.3, 0.4) is 0 Å². The molecule has 0 unspecified atom stereocenters. The number of nitrogens with one attached hydrogen (secondary N) is 2. The van der Waals surface area contributed by atoms with Crippen LogP contribution in [0.15, 0.2) is 76.5 Å². The second-order valence-electron chi connectivity index (χ2n) is 7.49. The molecule has 0 atom stereocenters. The number of anilines is 1. The first kappa shape index (κ1) is 20.3. The summed E-state index contributed by atoms with van der Waals surface area (Å²) in [5, 5.41) is 1.77. The summed E-state index contributed by atoms with van der Waals surface area (Å²) in [4.78, 5) is 0.202. The highest BCUT2D eigenvalue weighted by Gasteiger charge is 2.22. The quantitative estimate of drug-likeness (QED) is 0.660. The van der Waals surface area contributed by atoms with Crippen LogP contribution in [0.2, 0.25) is 0 Å². The Hall–Kier alpha value is -2.42. The second-order valence-corrected chi connectivity index (χ2v) is 10.9. The molecule has 6 nitrogen and oxygen atoms in total. The minimum atomic E-state index is -3.80. The van der Waals surface area contributed by atoms with E-state index < -0.39 is 25.6 Å². The molecule has 0 bridgehead atoms. The van der Waals surface area contributed by atoms with Gasteiger partial charge in [0.15, 0.2) is 0 Å². The first-order valence-electron chi connectivity index (χ1n) is 8.62. The molecule has 28 heavy (non-hydrogen) atoms. The molecule has 0 aromatic heterocycles. The molecule has 0 amide bonds. The van der Waals surface area contributed by atoms with Crippen LogP contribution in [0.5, 0.6) is 0 Å². The minimum Gasteiger partial charge on any atom is -0.280 e. The lowest BCUT2D eigenvalue weighted by molar-refractivity contribution is 0.491. The molecule has 3 aromatic carbocycles. The molecule has 0 fully saturated rings. The summed E-state index contributed by atoms with van der Waals surface area (Å²) in [6, 6.07) is 18.0. The van der Waals surface area contributed by atoms with E-state index in [-0.39, 0.29) is 15.5 Å². The maximum absolute atomic E-state index is 12.7. The molecular formula is C20H22N2O4S2. The van der Waals surface area contributed by atoms with Crippen molar-refractivity contribution in [2.45, 2.75) is 36.1 Å². The zero-order chi connectivity index (χ0) is 20.6. The summed E-state index contributed by atoms with van der Waals surface area (Å²) >= 11 is 0. The third-order valence-corrected chi connectivity index (χ3v) is 7.04. The van der Waals surface area contributed by atoms with Gasteiger partial charge in [0.2, 0.25) is 10.0 Å². The first-order chi connectivity index (χ1) is 13.0. The van der Waals surface area contributed by atoms with Crippen molar-refractivity contribution in [2.75, 3.05) is 4.72 Å². The summed E-state index contributed by atoms with van der Waals surface area (Å²) in [5.74, 6) is 0. The van der Waals surface area contributed by atoms with E-state index in [1.54, 1.807) is 32.9 Å². The average Bonchev–Trinajstić information content (AvgIpc) is 2.59. The maximum atomic E-state index is 12.7. The summed E-state index contributed by atoms with van der Waals surface area (Å²) < 4.78 is 55.1. The van der Waals surface area contributed by atoms with E-state index in [0.29, 0.717) is 0 Å². The van der Waals surface area contributed by atoms with Gasteiger partial charge in [-0.15, -0.1) is 0 Å². The van der Waals surface area contributed by atoms with E-state index in [2.05, 4.69) is 9.44 Å². The third-order valence-electron chi connectivity index (χ3n) is 3.89. The number of sulfonamides is 2. The number of hydrogen-bond acceptors (Lipinski definition) is 4. The Bertz CT molecular complexity index is 1210. The van der Waals surface area contributed by atoms with Gasteiger partial charge in [0.05, 0.1) is 9.79 Å². The minimum absolute atomic E-state index is 0.0658. The topological polar surface area (TPSA) is 92.3 Å². The zero-order valence-electron chi connectivity index (χ0n) is 15.8. The lowest BCUT2D eigenvalue weighted by Crippen LogP contribution is -2.40. The van der Waals surface area contributed by atoms with Crippen molar-refractivity contribution in [3.8, 4) is 0 Å². The molecule has 0 heterocycles. The van der Waals surface area contributed by atoms with Gasteiger partial charge in [0, 0.05) is 11.2 Å². The zero-order valence-corrected chi connectivity index (χ0v) is 17.4. The van der Waals surface area contributed by atoms with Gasteiger partial charge in [-0.25, -0.2) is 21.6 Å². The van der Waals surface area contributed by atoms with Gasteiger partial charge in [-0.2, -0.15) is 0 Å². The van der Waals surface area contributed by atoms with Gasteiger partial charge in [0.25, 0.3) is 10.0 Å². The van der Waals surface area contributed by atoms with Crippen LogP contribution in [0.1, 0.15) is 20.8 Å². The molecule has 0 radical (unpaired) electrons. The van der Waals surface area contributed by atoms with Crippen LogP contribution in [-0.2, 0) is 20.0 Å². The van der Waals surface area contributed by atoms with E-state index >= 15 is 0 Å². The fraction of sp³-hybridized carbons (Fsp3) is 0.200. The smallest absolute Gasteiger partial charge is 0.261 e. The third kappa shape index (κ3) is 4.70. The first-order valence-corrected chi connectivity index (χ1v) is 11.6. The predicted octanol–water partition coefficient (Wildman–Crippen LogP) is 3.72. The molecule has 0 saturated heterocycles. The van der Waals surface area contributed by atoms with E-state index in [1.807, 2.05) is 24.3 Å². The van der Waals surface area contributed by atoms with Crippen LogP contribution in [0.25, 0.3) is 10.8 Å². The van der Waals surface area contributed by atoms with Gasteiger partial charge in [-0.1, -0.05) is 30.3 Å². The lowest BCUT2D eigenvalue weighted by Gasteiger charge is -2.20. The number of benzene rings is 3. The van der Waals surface area contributed by atoms with E-state index in [9.17, 15) is 16.8 Å². The summed E-state index contributed by atoms with van der Waals surface area (Å²) in [6.07, 6.45) is 0. The van der Waals surface area contributed by atoms with Crippen molar-refractivity contribution < 1.29 is 16.8 Å². The number of rotatable bonds is 5. The highest BCUT2D eigenvalue weighted by atomic mass is 32.2. The van der Waals surface area contributed by atoms with Gasteiger partial charge in [-0.05, 0) is 67.9 Å². The second kappa shape index (κ2) is 7.20. The largest absolute Gasteiger partial charge is 0.280 e. The monoisotopic (exact) mass is 418 g/mol. The maximum Gasteiger partial charge on any atom is 0.261 e. The van der Waals surface area contributed by atoms with Gasteiger partial charge in [0.1, 0.15) is 0 Å². The van der Waals surface area contributed by atoms with E-state index in [1.165, 1.54) is 30.3 Å². The van der Waals surface area contributed by atoms with E-state index in [4.69, 9.17) is 0 Å². The molecule has 0 spiro atoms. The van der Waals surface area contributed by atoms with Crippen molar-refractivity contribution in [3.05, 3.63) is 66.7 Å². The highest BCUT2D eigenvalue weighted by molar-refractivity contribution is 7.92. The molecule has 3 rings (SSSR count). The number of hydrogen-bond donors (Lipinski definition) is 2. The Labute approximate surface area is 165 Å². The predicted molar refractivity (Wildman–Crippen MR) is 111 cm³/mol. The SMILES string of the molecule is CC(C)(C)NS(=O)(=O)c1ccc(NS(=O)(=O)c2ccc3ccccc3c2)cc1. The van der Waals surface area contributed by atoms with Crippen LogP contribution >= 0.6 is 0 Å². The van der Waals surface area contributed by atoms with Crippen LogP contribution in [-0.4, -0.2) is 22.4 Å². The Morgan fingerprint density at radius 1 is 0.679 bits per heavy atom. The molecule has 8 heteroatoms. The molecule has 0 saturated carbocycles. The van der Waals surface area contributed by atoms with Gasteiger partial charge >= 0.3 is 0 Å². The van der Waals surface area contributed by atoms with Crippen molar-refractivity contribution in [1.82, 2.24) is 4.72 Å². The standard InChI is InChI=1S/C20H22N2O4S2/c1-20(2,3)22-28(25,26)18-12-9-17(10-13-18)21-27(23,24)19-11-8-15-6-4-5-7-16(15)14-19/h4-14,21-22H,1-3H3. The summed E-state index contributed by atoms with van der Waals surface area (Å²) in [5.41, 5.74) is -0.335. The van der Waals surface area contributed by atoms with Crippen molar-refractivity contribution in [1.29, 1.82) is 0 Å². The molecule has 3 aromatic rings. The van der Waals surface area contributed by atoms with Gasteiger partial charge < -0.3 is 0 Å². The van der Waals surface area contributed by atoms with E-state index in [0.717, 1.165) is 10.8 Å². The molecule has 0 aliphatic heterocycles. The van der Waals surface area contributed by atoms with Crippen LogP contribution < -0.4 is 9.44 Å². The fourth-order valence-corrected chi connectivity index (χ4v) is 5.22. The molecular weight excluding hydrogens is 396 g/mol. The fourth-order valence-electron chi connectivity index (χ4n) is 2.71.